The van der Waals surface area contributed by atoms with Crippen molar-refractivity contribution in [3.8, 4) is 0 Å². The number of carboxylic acid groups (broad SMARTS) is 1. The van der Waals surface area contributed by atoms with Crippen LogP contribution in [0.15, 0.2) is 30.3 Å². The number of piperazine rings is 1. The maximum atomic E-state index is 12.6. The van der Waals surface area contributed by atoms with Crippen LogP contribution < -0.4 is 0 Å². The summed E-state index contributed by atoms with van der Waals surface area (Å²) in [4.78, 5) is 27.1. The van der Waals surface area contributed by atoms with Crippen molar-refractivity contribution in [2.45, 2.75) is 24.6 Å². The molecule has 2 aliphatic rings. The normalized spacial score (nSPS) is 22.1. The van der Waals surface area contributed by atoms with Crippen molar-refractivity contribution in [1.82, 2.24) is 14.1 Å². The molecule has 1 amide bonds. The molecule has 1 unspecified atom stereocenters. The van der Waals surface area contributed by atoms with Crippen LogP contribution in [0.2, 0.25) is 0 Å². The molecular formula is C18H25N3O5S. The van der Waals surface area contributed by atoms with Crippen molar-refractivity contribution in [2.24, 2.45) is 0 Å². The van der Waals surface area contributed by atoms with Crippen LogP contribution in [-0.2, 0) is 25.4 Å². The zero-order valence-corrected chi connectivity index (χ0v) is 16.0. The smallest absolute Gasteiger partial charge is 0.320 e. The van der Waals surface area contributed by atoms with Gasteiger partial charge in [-0.3, -0.25) is 14.5 Å². The number of hydrogen-bond acceptors (Lipinski definition) is 5. The van der Waals surface area contributed by atoms with Gasteiger partial charge >= 0.3 is 5.97 Å². The fourth-order valence-corrected chi connectivity index (χ4v) is 5.18. The van der Waals surface area contributed by atoms with Gasteiger partial charge in [0.25, 0.3) is 0 Å². The van der Waals surface area contributed by atoms with Crippen LogP contribution in [0.4, 0.5) is 0 Å². The minimum absolute atomic E-state index is 0.0458. The first-order valence-corrected chi connectivity index (χ1v) is 10.7. The molecule has 0 aromatic heterocycles. The molecule has 2 saturated heterocycles. The minimum atomic E-state index is -3.42. The molecule has 0 spiro atoms. The molecule has 27 heavy (non-hydrogen) atoms. The van der Waals surface area contributed by atoms with E-state index in [9.17, 15) is 23.1 Å². The van der Waals surface area contributed by atoms with Crippen LogP contribution in [0.25, 0.3) is 0 Å². The van der Waals surface area contributed by atoms with Crippen molar-refractivity contribution in [2.75, 3.05) is 39.3 Å². The van der Waals surface area contributed by atoms with Gasteiger partial charge in [0.15, 0.2) is 0 Å². The van der Waals surface area contributed by atoms with Crippen LogP contribution in [0.5, 0.6) is 0 Å². The van der Waals surface area contributed by atoms with Gasteiger partial charge in [-0.25, -0.2) is 8.42 Å². The Bertz CT molecular complexity index is 775. The molecule has 148 valence electrons. The molecule has 1 atom stereocenters. The van der Waals surface area contributed by atoms with Crippen LogP contribution in [0, 0.1) is 0 Å². The number of carbonyl (C=O) groups is 2. The first-order chi connectivity index (χ1) is 12.9. The lowest BCUT2D eigenvalue weighted by molar-refractivity contribution is -0.143. The number of hydrogen-bond donors (Lipinski definition) is 1. The van der Waals surface area contributed by atoms with Crippen LogP contribution in [0.3, 0.4) is 0 Å². The number of amides is 1. The predicted molar refractivity (Wildman–Crippen MR) is 99.4 cm³/mol. The quantitative estimate of drug-likeness (QED) is 0.739. The van der Waals surface area contributed by atoms with Gasteiger partial charge in [-0.1, -0.05) is 30.3 Å². The van der Waals surface area contributed by atoms with Gasteiger partial charge in [-0.2, -0.15) is 4.31 Å². The third kappa shape index (κ3) is 4.85. The second kappa shape index (κ2) is 8.37. The molecule has 2 heterocycles. The summed E-state index contributed by atoms with van der Waals surface area (Å²) in [5.74, 6) is -1.07. The second-order valence-electron chi connectivity index (χ2n) is 6.99. The molecule has 2 fully saturated rings. The van der Waals surface area contributed by atoms with E-state index in [2.05, 4.69) is 0 Å². The average molecular weight is 395 g/mol. The monoisotopic (exact) mass is 395 g/mol. The number of likely N-dealkylation sites (tertiary alicyclic amines) is 1. The number of carboxylic acids is 1. The molecule has 0 aliphatic carbocycles. The topological polar surface area (TPSA) is 98.2 Å². The highest BCUT2D eigenvalue weighted by Gasteiger charge is 2.34. The summed E-state index contributed by atoms with van der Waals surface area (Å²) in [7, 11) is -3.42. The largest absolute Gasteiger partial charge is 0.480 e. The van der Waals surface area contributed by atoms with E-state index >= 15 is 0 Å². The molecule has 0 radical (unpaired) electrons. The van der Waals surface area contributed by atoms with Gasteiger partial charge in [-0.05, 0) is 24.9 Å². The van der Waals surface area contributed by atoms with Gasteiger partial charge < -0.3 is 10.0 Å². The Morgan fingerprint density at radius 1 is 1.04 bits per heavy atom. The third-order valence-corrected chi connectivity index (χ3v) is 7.01. The zero-order chi connectivity index (χ0) is 19.4. The Labute approximate surface area is 159 Å². The van der Waals surface area contributed by atoms with E-state index in [-0.39, 0.29) is 31.3 Å². The molecule has 2 aliphatic heterocycles. The lowest BCUT2D eigenvalue weighted by Crippen LogP contribution is -2.53. The molecular weight excluding hydrogens is 370 g/mol. The van der Waals surface area contributed by atoms with E-state index in [1.807, 2.05) is 18.2 Å². The Hall–Kier alpha value is -1.97. The molecule has 1 N–H and O–H groups in total. The first kappa shape index (κ1) is 19.8. The minimum Gasteiger partial charge on any atom is -0.480 e. The van der Waals surface area contributed by atoms with E-state index in [4.69, 9.17) is 0 Å². The zero-order valence-electron chi connectivity index (χ0n) is 15.2. The first-order valence-electron chi connectivity index (χ1n) is 9.13. The lowest BCUT2D eigenvalue weighted by atomic mass is 10.2. The van der Waals surface area contributed by atoms with E-state index in [1.165, 1.54) is 4.31 Å². The van der Waals surface area contributed by atoms with Crippen LogP contribution >= 0.6 is 0 Å². The summed E-state index contributed by atoms with van der Waals surface area (Å²) >= 11 is 0. The van der Waals surface area contributed by atoms with Crippen molar-refractivity contribution < 1.29 is 23.1 Å². The van der Waals surface area contributed by atoms with Crippen molar-refractivity contribution >= 4 is 21.9 Å². The Morgan fingerprint density at radius 3 is 2.33 bits per heavy atom. The van der Waals surface area contributed by atoms with E-state index in [1.54, 1.807) is 21.9 Å². The fraction of sp³-hybridized carbons (Fsp3) is 0.556. The summed E-state index contributed by atoms with van der Waals surface area (Å²) in [6.07, 6.45) is 1.34. The Morgan fingerprint density at radius 2 is 1.70 bits per heavy atom. The molecule has 1 aromatic rings. The molecule has 3 rings (SSSR count). The van der Waals surface area contributed by atoms with Crippen molar-refractivity contribution in [1.29, 1.82) is 0 Å². The number of nitrogens with zero attached hydrogens (tertiary/aromatic N) is 3. The highest BCUT2D eigenvalue weighted by atomic mass is 32.2. The summed E-state index contributed by atoms with van der Waals surface area (Å²) in [6, 6.07) is 8.43. The molecule has 1 aromatic carbocycles. The highest BCUT2D eigenvalue weighted by Crippen LogP contribution is 2.18. The number of carbonyl (C=O) groups excluding carboxylic acids is 1. The molecule has 0 saturated carbocycles. The average Bonchev–Trinajstić information content (AvgIpc) is 3.11. The van der Waals surface area contributed by atoms with Gasteiger partial charge in [0, 0.05) is 26.2 Å². The number of rotatable bonds is 6. The van der Waals surface area contributed by atoms with Crippen molar-refractivity contribution in [3.05, 3.63) is 35.9 Å². The standard InChI is InChI=1S/C18H25N3O5S/c22-17(13-20-8-4-7-16(20)18(23)24)19-9-11-21(12-10-19)27(25,26)14-15-5-2-1-3-6-15/h1-3,5-6,16H,4,7-14H2,(H,23,24). The number of aliphatic carboxylic acids is 1. The summed E-state index contributed by atoms with van der Waals surface area (Å²) in [5, 5.41) is 9.21. The third-order valence-electron chi connectivity index (χ3n) is 5.16. The van der Waals surface area contributed by atoms with E-state index < -0.39 is 22.0 Å². The highest BCUT2D eigenvalue weighted by molar-refractivity contribution is 7.88. The summed E-state index contributed by atoms with van der Waals surface area (Å²) < 4.78 is 26.6. The van der Waals surface area contributed by atoms with Gasteiger partial charge in [0.05, 0.1) is 12.3 Å². The SMILES string of the molecule is O=C(O)C1CCCN1CC(=O)N1CCN(S(=O)(=O)Cc2ccccc2)CC1. The number of sulfonamides is 1. The van der Waals surface area contributed by atoms with E-state index in [0.29, 0.717) is 26.1 Å². The predicted octanol–water partition coefficient (Wildman–Crippen LogP) is 0.210. The van der Waals surface area contributed by atoms with Crippen molar-refractivity contribution in [3.63, 3.8) is 0 Å². The molecule has 0 bridgehead atoms. The van der Waals surface area contributed by atoms with Gasteiger partial charge in [0.2, 0.25) is 15.9 Å². The second-order valence-corrected chi connectivity index (χ2v) is 8.96. The summed E-state index contributed by atoms with van der Waals surface area (Å²) in [5.41, 5.74) is 0.741. The van der Waals surface area contributed by atoms with Gasteiger partial charge in [0.1, 0.15) is 6.04 Å². The maximum Gasteiger partial charge on any atom is 0.320 e. The van der Waals surface area contributed by atoms with Gasteiger partial charge in [-0.15, -0.1) is 0 Å². The lowest BCUT2D eigenvalue weighted by Gasteiger charge is -2.35. The summed E-state index contributed by atoms with van der Waals surface area (Å²) in [6.45, 7) is 1.88. The maximum absolute atomic E-state index is 12.6. The van der Waals surface area contributed by atoms with E-state index in [0.717, 1.165) is 12.0 Å². The number of benzene rings is 1. The Balaban J connectivity index is 1.52. The molecule has 8 nitrogen and oxygen atoms in total. The van der Waals surface area contributed by atoms with Crippen LogP contribution in [-0.4, -0.2) is 84.8 Å². The fourth-order valence-electron chi connectivity index (χ4n) is 3.66. The van der Waals surface area contributed by atoms with Crippen LogP contribution in [0.1, 0.15) is 18.4 Å². The Kier molecular flexibility index (Phi) is 6.13. The molecule has 9 heteroatoms.